The van der Waals surface area contributed by atoms with E-state index < -0.39 is 22.1 Å². The van der Waals surface area contributed by atoms with Gasteiger partial charge in [0.25, 0.3) is 0 Å². The highest BCUT2D eigenvalue weighted by Crippen LogP contribution is 2.45. The second-order valence-electron chi connectivity index (χ2n) is 10.5. The third-order valence-corrected chi connectivity index (χ3v) is 7.71. The topological polar surface area (TPSA) is 113 Å². The first-order valence-corrected chi connectivity index (χ1v) is 16.1. The van der Waals surface area contributed by atoms with Crippen LogP contribution in [-0.2, 0) is 25.0 Å². The molecule has 10 heteroatoms. The van der Waals surface area contributed by atoms with Crippen molar-refractivity contribution in [3.63, 3.8) is 0 Å². The van der Waals surface area contributed by atoms with Crippen LogP contribution in [-0.4, -0.2) is 27.3 Å². The summed E-state index contributed by atoms with van der Waals surface area (Å²) in [7, 11) is -4.30. The van der Waals surface area contributed by atoms with E-state index >= 15 is 0 Å². The number of anilines is 1. The SMILES string of the molecule is CCCCCCC1(CCCCCC)OC(=O)Nc2ccc(OCCCC=NOS(=O)(=O)Oc3ccc(C)cc3)cc21. The number of ether oxygens (including phenoxy) is 2. The number of carbonyl (C=O) groups excluding carboxylic acids is 1. The van der Waals surface area contributed by atoms with E-state index in [9.17, 15) is 13.2 Å². The Bertz CT molecular complexity index is 1220. The molecule has 0 spiro atoms. The molecule has 226 valence electrons. The number of amides is 1. The highest BCUT2D eigenvalue weighted by Gasteiger charge is 2.41. The summed E-state index contributed by atoms with van der Waals surface area (Å²) in [5.41, 5.74) is 2.07. The van der Waals surface area contributed by atoms with E-state index in [4.69, 9.17) is 13.7 Å². The zero-order valence-electron chi connectivity index (χ0n) is 24.5. The van der Waals surface area contributed by atoms with E-state index in [1.54, 1.807) is 24.3 Å². The number of hydrogen-bond acceptors (Lipinski definition) is 8. The van der Waals surface area contributed by atoms with E-state index in [0.717, 1.165) is 81.0 Å². The molecule has 1 N–H and O–H groups in total. The zero-order chi connectivity index (χ0) is 29.6. The minimum absolute atomic E-state index is 0.153. The molecule has 0 fully saturated rings. The summed E-state index contributed by atoms with van der Waals surface area (Å²) in [5, 5.41) is 6.38. The van der Waals surface area contributed by atoms with Crippen LogP contribution in [0.5, 0.6) is 11.5 Å². The van der Waals surface area contributed by atoms with Crippen molar-refractivity contribution in [2.24, 2.45) is 5.16 Å². The van der Waals surface area contributed by atoms with Gasteiger partial charge >= 0.3 is 16.5 Å². The molecular weight excluding hydrogens is 544 g/mol. The fraction of sp³-hybridized carbons (Fsp3) is 0.548. The Hall–Kier alpha value is -3.27. The monoisotopic (exact) mass is 588 g/mol. The van der Waals surface area contributed by atoms with Gasteiger partial charge < -0.3 is 13.7 Å². The molecule has 1 aliphatic rings. The predicted molar refractivity (Wildman–Crippen MR) is 161 cm³/mol. The number of carbonyl (C=O) groups is 1. The van der Waals surface area contributed by atoms with Gasteiger partial charge in [-0.05, 0) is 75.8 Å². The molecule has 1 amide bonds. The van der Waals surface area contributed by atoms with Gasteiger partial charge in [0, 0.05) is 11.8 Å². The van der Waals surface area contributed by atoms with Crippen molar-refractivity contribution < 1.29 is 31.2 Å². The summed E-state index contributed by atoms with van der Waals surface area (Å²) in [6.07, 6.45) is 12.4. The maximum absolute atomic E-state index is 12.5. The van der Waals surface area contributed by atoms with E-state index in [1.807, 2.05) is 25.1 Å². The van der Waals surface area contributed by atoms with Crippen LogP contribution in [0.4, 0.5) is 10.5 Å². The molecule has 2 aromatic rings. The quantitative estimate of drug-likeness (QED) is 0.100. The summed E-state index contributed by atoms with van der Waals surface area (Å²) in [6, 6.07) is 12.3. The first-order valence-electron chi connectivity index (χ1n) is 14.8. The van der Waals surface area contributed by atoms with Gasteiger partial charge in [-0.3, -0.25) is 5.32 Å². The maximum atomic E-state index is 12.5. The van der Waals surface area contributed by atoms with E-state index in [-0.39, 0.29) is 5.75 Å². The van der Waals surface area contributed by atoms with Gasteiger partial charge in [-0.25, -0.2) is 9.08 Å². The van der Waals surface area contributed by atoms with Gasteiger partial charge in [-0.15, -0.1) is 8.42 Å². The molecule has 0 radical (unpaired) electrons. The van der Waals surface area contributed by atoms with Crippen LogP contribution in [0.2, 0.25) is 0 Å². The molecule has 41 heavy (non-hydrogen) atoms. The van der Waals surface area contributed by atoms with Gasteiger partial charge in [0.05, 0.1) is 12.3 Å². The molecule has 1 aliphatic heterocycles. The van der Waals surface area contributed by atoms with Gasteiger partial charge in [0.2, 0.25) is 0 Å². The summed E-state index contributed by atoms with van der Waals surface area (Å²) < 4.78 is 45.3. The van der Waals surface area contributed by atoms with Gasteiger partial charge in [-0.2, -0.15) is 0 Å². The van der Waals surface area contributed by atoms with Crippen LogP contribution >= 0.6 is 0 Å². The summed E-state index contributed by atoms with van der Waals surface area (Å²) in [6.45, 7) is 6.66. The molecule has 0 aliphatic carbocycles. The lowest BCUT2D eigenvalue weighted by atomic mass is 9.81. The van der Waals surface area contributed by atoms with Gasteiger partial charge in [-0.1, -0.05) is 75.2 Å². The maximum Gasteiger partial charge on any atom is 0.521 e. The highest BCUT2D eigenvalue weighted by atomic mass is 32.3. The number of aryl methyl sites for hydroxylation is 1. The molecular formula is C31H44N2O7S. The third kappa shape index (κ3) is 10.6. The number of oxime groups is 1. The van der Waals surface area contributed by atoms with Crippen molar-refractivity contribution >= 4 is 28.4 Å². The fourth-order valence-electron chi connectivity index (χ4n) is 4.87. The Balaban J connectivity index is 1.55. The molecule has 0 saturated carbocycles. The minimum Gasteiger partial charge on any atom is -0.494 e. The summed E-state index contributed by atoms with van der Waals surface area (Å²) in [4.78, 5) is 12.5. The molecule has 0 bridgehead atoms. The number of nitrogens with one attached hydrogen (secondary N) is 1. The van der Waals surface area contributed by atoms with Crippen molar-refractivity contribution in [2.45, 2.75) is 103 Å². The molecule has 1 heterocycles. The Morgan fingerprint density at radius 1 is 0.902 bits per heavy atom. The minimum atomic E-state index is -4.30. The summed E-state index contributed by atoms with van der Waals surface area (Å²) in [5.74, 6) is 0.845. The Labute approximate surface area is 244 Å². The molecule has 0 aromatic heterocycles. The number of benzene rings is 2. The standard InChI is InChI=1S/C31H44N2O7S/c1-4-6-8-10-20-31(21-11-9-7-5-2)28-24-27(18-19-29(28)33-30(34)38-31)37-23-13-12-22-32-40-41(35,36)39-26-16-14-25(3)15-17-26/h14-19,22,24H,4-13,20-21,23H2,1-3H3,(H,33,34). The number of nitrogens with zero attached hydrogens (tertiary/aromatic N) is 1. The summed E-state index contributed by atoms with van der Waals surface area (Å²) >= 11 is 0. The molecule has 9 nitrogen and oxygen atoms in total. The second kappa shape index (κ2) is 16.2. The molecule has 3 rings (SSSR count). The normalized spacial score (nSPS) is 14.3. The average Bonchev–Trinajstić information content (AvgIpc) is 2.94. The van der Waals surface area contributed by atoms with Crippen LogP contribution in [0.1, 0.15) is 102 Å². The Morgan fingerprint density at radius 2 is 1.56 bits per heavy atom. The van der Waals surface area contributed by atoms with E-state index in [0.29, 0.717) is 25.2 Å². The molecule has 0 unspecified atom stereocenters. The first-order chi connectivity index (χ1) is 19.8. The molecule has 0 atom stereocenters. The van der Waals surface area contributed by atoms with Gasteiger partial charge in [0.15, 0.2) is 0 Å². The number of rotatable bonds is 19. The van der Waals surface area contributed by atoms with Crippen molar-refractivity contribution in [2.75, 3.05) is 11.9 Å². The lowest BCUT2D eigenvalue weighted by molar-refractivity contribution is -0.00703. The van der Waals surface area contributed by atoms with Crippen molar-refractivity contribution in [3.8, 4) is 11.5 Å². The van der Waals surface area contributed by atoms with Gasteiger partial charge in [0.1, 0.15) is 17.1 Å². The van der Waals surface area contributed by atoms with Crippen molar-refractivity contribution in [1.82, 2.24) is 0 Å². The van der Waals surface area contributed by atoms with Crippen LogP contribution in [0.15, 0.2) is 47.6 Å². The average molecular weight is 589 g/mol. The first kappa shape index (κ1) is 32.2. The predicted octanol–water partition coefficient (Wildman–Crippen LogP) is 8.18. The van der Waals surface area contributed by atoms with Crippen LogP contribution in [0.3, 0.4) is 0 Å². The van der Waals surface area contributed by atoms with E-state index in [1.165, 1.54) is 6.21 Å². The third-order valence-electron chi connectivity index (χ3n) is 7.05. The Kier molecular flexibility index (Phi) is 12.8. The number of fused-ring (bicyclic) bond motifs is 1. The molecule has 0 saturated heterocycles. The lowest BCUT2D eigenvalue weighted by Crippen LogP contribution is -2.39. The fourth-order valence-corrected chi connectivity index (χ4v) is 5.41. The zero-order valence-corrected chi connectivity index (χ0v) is 25.3. The number of cyclic esters (lactones) is 1. The highest BCUT2D eigenvalue weighted by molar-refractivity contribution is 7.82. The Morgan fingerprint density at radius 3 is 2.22 bits per heavy atom. The van der Waals surface area contributed by atoms with Crippen molar-refractivity contribution in [3.05, 3.63) is 53.6 Å². The smallest absolute Gasteiger partial charge is 0.494 e. The number of unbranched alkanes of at least 4 members (excludes halogenated alkanes) is 7. The van der Waals surface area contributed by atoms with Crippen LogP contribution in [0.25, 0.3) is 0 Å². The second-order valence-corrected chi connectivity index (χ2v) is 11.6. The molecule has 2 aromatic carbocycles. The van der Waals surface area contributed by atoms with Crippen molar-refractivity contribution in [1.29, 1.82) is 0 Å². The number of hydrogen-bond donors (Lipinski definition) is 1. The van der Waals surface area contributed by atoms with Crippen LogP contribution in [0, 0.1) is 6.92 Å². The van der Waals surface area contributed by atoms with Crippen LogP contribution < -0.4 is 14.2 Å². The largest absolute Gasteiger partial charge is 0.521 e. The van der Waals surface area contributed by atoms with E-state index in [2.05, 4.69) is 28.6 Å². The lowest BCUT2D eigenvalue weighted by Gasteiger charge is -2.39.